The fraction of sp³-hybridized carbons (Fsp3) is 0.471. The Balaban J connectivity index is 1.57. The third-order valence-electron chi connectivity index (χ3n) is 4.12. The number of oxazole rings is 1. The third kappa shape index (κ3) is 3.64. The van der Waals surface area contributed by atoms with Crippen LogP contribution in [0.25, 0.3) is 11.3 Å². The van der Waals surface area contributed by atoms with Gasteiger partial charge in [0.25, 0.3) is 0 Å². The van der Waals surface area contributed by atoms with Crippen LogP contribution in [-0.2, 0) is 0 Å². The van der Waals surface area contributed by atoms with Crippen LogP contribution in [0, 0.1) is 12.8 Å². The van der Waals surface area contributed by atoms with E-state index in [0.717, 1.165) is 23.7 Å². The van der Waals surface area contributed by atoms with Crippen LogP contribution in [0.3, 0.4) is 0 Å². The summed E-state index contributed by atoms with van der Waals surface area (Å²) >= 11 is 0. The highest BCUT2D eigenvalue weighted by atomic mass is 16.3. The lowest BCUT2D eigenvalue weighted by Gasteiger charge is -2.29. The van der Waals surface area contributed by atoms with Crippen LogP contribution >= 0.6 is 0 Å². The standard InChI is InChI=1S/C17H23N3O/c1-13-19-17(12-21-13)15-5-7-16(8-6-15)18-10-14-4-3-9-20(2)11-14/h5-8,12,14,18H,3-4,9-11H2,1-2H3. The lowest BCUT2D eigenvalue weighted by molar-refractivity contribution is 0.217. The summed E-state index contributed by atoms with van der Waals surface area (Å²) in [6.45, 7) is 5.35. The maximum atomic E-state index is 5.25. The van der Waals surface area contributed by atoms with Crippen molar-refractivity contribution in [2.75, 3.05) is 32.0 Å². The second-order valence-electron chi connectivity index (χ2n) is 5.98. The predicted molar refractivity (Wildman–Crippen MR) is 85.4 cm³/mol. The molecule has 2 aromatic rings. The number of hydrogen-bond acceptors (Lipinski definition) is 4. The fourth-order valence-electron chi connectivity index (χ4n) is 2.96. The maximum absolute atomic E-state index is 5.25. The number of nitrogens with zero attached hydrogens (tertiary/aromatic N) is 2. The van der Waals surface area contributed by atoms with Crippen molar-refractivity contribution in [3.8, 4) is 11.3 Å². The van der Waals surface area contributed by atoms with E-state index in [1.54, 1.807) is 6.26 Å². The van der Waals surface area contributed by atoms with Gasteiger partial charge in [-0.05, 0) is 44.5 Å². The van der Waals surface area contributed by atoms with Crippen molar-refractivity contribution >= 4 is 5.69 Å². The summed E-state index contributed by atoms with van der Waals surface area (Å²) in [6, 6.07) is 8.41. The van der Waals surface area contributed by atoms with E-state index in [1.165, 1.54) is 31.6 Å². The first-order chi connectivity index (χ1) is 10.2. The average molecular weight is 285 g/mol. The van der Waals surface area contributed by atoms with E-state index in [9.17, 15) is 0 Å². The molecule has 0 bridgehead atoms. The van der Waals surface area contributed by atoms with Crippen LogP contribution < -0.4 is 5.32 Å². The number of anilines is 1. The van der Waals surface area contributed by atoms with Gasteiger partial charge in [-0.1, -0.05) is 12.1 Å². The summed E-state index contributed by atoms with van der Waals surface area (Å²) < 4.78 is 5.25. The summed E-state index contributed by atoms with van der Waals surface area (Å²) in [5.74, 6) is 1.45. The minimum Gasteiger partial charge on any atom is -0.449 e. The highest BCUT2D eigenvalue weighted by Gasteiger charge is 2.16. The van der Waals surface area contributed by atoms with Crippen molar-refractivity contribution in [3.63, 3.8) is 0 Å². The van der Waals surface area contributed by atoms with Gasteiger partial charge >= 0.3 is 0 Å². The summed E-state index contributed by atoms with van der Waals surface area (Å²) in [4.78, 5) is 6.77. The van der Waals surface area contributed by atoms with Crippen LogP contribution in [0.1, 0.15) is 18.7 Å². The molecule has 1 atom stereocenters. The molecule has 1 aliphatic heterocycles. The Bertz CT molecular complexity index is 576. The largest absolute Gasteiger partial charge is 0.449 e. The molecule has 4 nitrogen and oxygen atoms in total. The summed E-state index contributed by atoms with van der Waals surface area (Å²) in [5, 5.41) is 3.55. The molecule has 1 fully saturated rings. The number of hydrogen-bond donors (Lipinski definition) is 1. The third-order valence-corrected chi connectivity index (χ3v) is 4.12. The second kappa shape index (κ2) is 6.31. The Morgan fingerprint density at radius 3 is 2.81 bits per heavy atom. The number of benzene rings is 1. The molecule has 1 saturated heterocycles. The summed E-state index contributed by atoms with van der Waals surface area (Å²) in [6.07, 6.45) is 4.34. The van der Waals surface area contributed by atoms with Crippen molar-refractivity contribution in [1.29, 1.82) is 0 Å². The molecule has 2 heterocycles. The van der Waals surface area contributed by atoms with Gasteiger partial charge in [0, 0.05) is 31.3 Å². The van der Waals surface area contributed by atoms with Gasteiger partial charge in [0.2, 0.25) is 0 Å². The molecular formula is C17H23N3O. The highest BCUT2D eigenvalue weighted by Crippen LogP contribution is 2.21. The van der Waals surface area contributed by atoms with Crippen LogP contribution in [0.2, 0.25) is 0 Å². The smallest absolute Gasteiger partial charge is 0.191 e. The molecule has 0 aliphatic carbocycles. The van der Waals surface area contributed by atoms with Crippen molar-refractivity contribution in [2.45, 2.75) is 19.8 Å². The zero-order valence-electron chi connectivity index (χ0n) is 12.8. The van der Waals surface area contributed by atoms with Gasteiger partial charge in [0.05, 0.1) is 0 Å². The SMILES string of the molecule is Cc1nc(-c2ccc(NCC3CCCN(C)C3)cc2)co1. The van der Waals surface area contributed by atoms with Gasteiger partial charge in [0.1, 0.15) is 12.0 Å². The first kappa shape index (κ1) is 14.1. The molecule has 21 heavy (non-hydrogen) atoms. The molecule has 1 aromatic heterocycles. The monoisotopic (exact) mass is 285 g/mol. The number of rotatable bonds is 4. The molecule has 0 spiro atoms. The molecule has 1 N–H and O–H groups in total. The molecular weight excluding hydrogens is 262 g/mol. The molecule has 112 valence electrons. The second-order valence-corrected chi connectivity index (χ2v) is 5.98. The normalized spacial score (nSPS) is 19.6. The van der Waals surface area contributed by atoms with Crippen LogP contribution in [0.5, 0.6) is 0 Å². The van der Waals surface area contributed by atoms with Gasteiger partial charge < -0.3 is 14.6 Å². The zero-order valence-corrected chi connectivity index (χ0v) is 12.8. The topological polar surface area (TPSA) is 41.3 Å². The molecule has 1 unspecified atom stereocenters. The van der Waals surface area contributed by atoms with E-state index in [4.69, 9.17) is 4.42 Å². The molecule has 3 rings (SSSR count). The molecule has 0 saturated carbocycles. The van der Waals surface area contributed by atoms with Crippen LogP contribution in [-0.4, -0.2) is 36.6 Å². The predicted octanol–water partition coefficient (Wildman–Crippen LogP) is 3.40. The Labute approximate surface area is 126 Å². The van der Waals surface area contributed by atoms with E-state index in [1.807, 2.05) is 6.92 Å². The number of aromatic nitrogens is 1. The minimum atomic E-state index is 0.702. The van der Waals surface area contributed by atoms with E-state index in [0.29, 0.717) is 5.89 Å². The number of likely N-dealkylation sites (tertiary alicyclic amines) is 1. The molecule has 1 aliphatic rings. The van der Waals surface area contributed by atoms with Crippen molar-refractivity contribution in [2.24, 2.45) is 5.92 Å². The van der Waals surface area contributed by atoms with Gasteiger partial charge in [-0.15, -0.1) is 0 Å². The Kier molecular flexibility index (Phi) is 4.25. The van der Waals surface area contributed by atoms with Gasteiger partial charge in [-0.3, -0.25) is 0 Å². The van der Waals surface area contributed by atoms with E-state index in [-0.39, 0.29) is 0 Å². The lowest BCUT2D eigenvalue weighted by atomic mass is 9.98. The van der Waals surface area contributed by atoms with Gasteiger partial charge in [-0.25, -0.2) is 4.98 Å². The highest BCUT2D eigenvalue weighted by molar-refractivity contribution is 5.61. The number of aryl methyl sites for hydroxylation is 1. The lowest BCUT2D eigenvalue weighted by Crippen LogP contribution is -2.35. The van der Waals surface area contributed by atoms with Crippen molar-refractivity contribution < 1.29 is 4.42 Å². The van der Waals surface area contributed by atoms with Gasteiger partial charge in [-0.2, -0.15) is 0 Å². The fourth-order valence-corrected chi connectivity index (χ4v) is 2.96. The quantitative estimate of drug-likeness (QED) is 0.934. The van der Waals surface area contributed by atoms with Gasteiger partial charge in [0.15, 0.2) is 5.89 Å². The Morgan fingerprint density at radius 1 is 1.33 bits per heavy atom. The van der Waals surface area contributed by atoms with Crippen molar-refractivity contribution in [1.82, 2.24) is 9.88 Å². The maximum Gasteiger partial charge on any atom is 0.191 e. The molecule has 4 heteroatoms. The van der Waals surface area contributed by atoms with E-state index >= 15 is 0 Å². The molecule has 0 amide bonds. The first-order valence-electron chi connectivity index (χ1n) is 7.66. The minimum absolute atomic E-state index is 0.702. The first-order valence-corrected chi connectivity index (χ1v) is 7.66. The average Bonchev–Trinajstić information content (AvgIpc) is 2.92. The summed E-state index contributed by atoms with van der Waals surface area (Å²) in [7, 11) is 2.21. The Hall–Kier alpha value is -1.81. The van der Waals surface area contributed by atoms with Crippen molar-refractivity contribution in [3.05, 3.63) is 36.4 Å². The van der Waals surface area contributed by atoms with Crippen LogP contribution in [0.15, 0.2) is 34.9 Å². The van der Waals surface area contributed by atoms with E-state index in [2.05, 4.69) is 46.5 Å². The number of nitrogens with one attached hydrogen (secondary N) is 1. The number of piperidine rings is 1. The molecule has 1 aromatic carbocycles. The van der Waals surface area contributed by atoms with E-state index < -0.39 is 0 Å². The Morgan fingerprint density at radius 2 is 2.14 bits per heavy atom. The molecule has 0 radical (unpaired) electrons. The summed E-state index contributed by atoms with van der Waals surface area (Å²) in [5.41, 5.74) is 3.16. The van der Waals surface area contributed by atoms with Crippen LogP contribution in [0.4, 0.5) is 5.69 Å². The zero-order chi connectivity index (χ0) is 14.7.